The molecule has 29 heavy (non-hydrogen) atoms. The standard InChI is InChI=1S/C25H34N2O2/c1-18-2-4-19(5-3-18)6-7-23(28)26-8-10-27(11-9-26)24(29)25-15-20-12-21(16-25)14-22(13-20)17-25/h2-5,20-22H,6-17H2,1H3. The van der Waals surface area contributed by atoms with Crippen LogP contribution in [-0.4, -0.2) is 47.8 Å². The van der Waals surface area contributed by atoms with Gasteiger partial charge in [0.1, 0.15) is 0 Å². The molecule has 1 heterocycles. The predicted molar refractivity (Wildman–Crippen MR) is 113 cm³/mol. The van der Waals surface area contributed by atoms with E-state index in [-0.39, 0.29) is 11.3 Å². The smallest absolute Gasteiger partial charge is 0.228 e. The summed E-state index contributed by atoms with van der Waals surface area (Å²) in [6.45, 7) is 4.92. The summed E-state index contributed by atoms with van der Waals surface area (Å²) in [6, 6.07) is 8.44. The molecule has 156 valence electrons. The lowest BCUT2D eigenvalue weighted by Gasteiger charge is -2.57. The molecule has 2 amide bonds. The Kier molecular flexibility index (Phi) is 4.92. The van der Waals surface area contributed by atoms with Gasteiger partial charge in [0, 0.05) is 32.6 Å². The van der Waals surface area contributed by atoms with Gasteiger partial charge in [0.2, 0.25) is 11.8 Å². The van der Waals surface area contributed by atoms with Crippen molar-refractivity contribution in [2.75, 3.05) is 26.2 Å². The SMILES string of the molecule is Cc1ccc(CCC(=O)N2CCN(C(=O)C34CC5CC(CC(C5)C3)C4)CC2)cc1. The van der Waals surface area contributed by atoms with Gasteiger partial charge in [-0.15, -0.1) is 0 Å². The van der Waals surface area contributed by atoms with Crippen LogP contribution in [0.4, 0.5) is 0 Å². The Morgan fingerprint density at radius 3 is 1.93 bits per heavy atom. The van der Waals surface area contributed by atoms with E-state index in [0.717, 1.165) is 56.5 Å². The second-order valence-corrected chi connectivity index (χ2v) is 10.4. The molecule has 4 heteroatoms. The van der Waals surface area contributed by atoms with Crippen LogP contribution in [0.3, 0.4) is 0 Å². The maximum atomic E-state index is 13.5. The molecule has 4 bridgehead atoms. The Labute approximate surface area is 174 Å². The van der Waals surface area contributed by atoms with Crippen molar-refractivity contribution >= 4 is 11.8 Å². The van der Waals surface area contributed by atoms with Gasteiger partial charge in [0.15, 0.2) is 0 Å². The minimum absolute atomic E-state index is 0.0492. The van der Waals surface area contributed by atoms with Crippen molar-refractivity contribution in [1.29, 1.82) is 0 Å². The zero-order valence-electron chi connectivity index (χ0n) is 17.7. The van der Waals surface area contributed by atoms with Crippen molar-refractivity contribution in [3.63, 3.8) is 0 Å². The van der Waals surface area contributed by atoms with E-state index in [2.05, 4.69) is 36.1 Å². The van der Waals surface area contributed by atoms with E-state index in [9.17, 15) is 9.59 Å². The van der Waals surface area contributed by atoms with Gasteiger partial charge in [0.25, 0.3) is 0 Å². The van der Waals surface area contributed by atoms with Gasteiger partial charge in [-0.2, -0.15) is 0 Å². The van der Waals surface area contributed by atoms with Crippen molar-refractivity contribution in [3.05, 3.63) is 35.4 Å². The maximum absolute atomic E-state index is 13.5. The summed E-state index contributed by atoms with van der Waals surface area (Å²) >= 11 is 0. The summed E-state index contributed by atoms with van der Waals surface area (Å²) in [5.41, 5.74) is 2.42. The average Bonchev–Trinajstić information content (AvgIpc) is 2.72. The fourth-order valence-corrected chi connectivity index (χ4v) is 7.03. The molecule has 1 aromatic rings. The highest BCUT2D eigenvalue weighted by Gasteiger charge is 2.55. The molecule has 0 unspecified atom stereocenters. The van der Waals surface area contributed by atoms with E-state index >= 15 is 0 Å². The molecule has 6 rings (SSSR count). The Morgan fingerprint density at radius 1 is 0.862 bits per heavy atom. The van der Waals surface area contributed by atoms with Crippen LogP contribution in [0.15, 0.2) is 24.3 Å². The number of carbonyl (C=O) groups excluding carboxylic acids is 2. The van der Waals surface area contributed by atoms with Crippen molar-refractivity contribution in [2.24, 2.45) is 23.2 Å². The number of hydrogen-bond acceptors (Lipinski definition) is 2. The van der Waals surface area contributed by atoms with Gasteiger partial charge < -0.3 is 9.80 Å². The Balaban J connectivity index is 1.14. The topological polar surface area (TPSA) is 40.6 Å². The number of benzene rings is 1. The van der Waals surface area contributed by atoms with E-state index < -0.39 is 0 Å². The quantitative estimate of drug-likeness (QED) is 0.779. The molecular weight excluding hydrogens is 360 g/mol. The number of carbonyl (C=O) groups is 2. The van der Waals surface area contributed by atoms with Gasteiger partial charge in [-0.25, -0.2) is 0 Å². The van der Waals surface area contributed by atoms with Crippen LogP contribution in [0, 0.1) is 30.1 Å². The zero-order valence-corrected chi connectivity index (χ0v) is 17.7. The van der Waals surface area contributed by atoms with E-state index in [0.29, 0.717) is 25.4 Å². The molecule has 0 atom stereocenters. The van der Waals surface area contributed by atoms with E-state index in [4.69, 9.17) is 0 Å². The highest BCUT2D eigenvalue weighted by Crippen LogP contribution is 2.60. The van der Waals surface area contributed by atoms with Gasteiger partial charge >= 0.3 is 0 Å². The third-order valence-corrected chi connectivity index (χ3v) is 8.16. The summed E-state index contributed by atoms with van der Waals surface area (Å²) in [5, 5.41) is 0. The largest absolute Gasteiger partial charge is 0.339 e. The molecule has 1 aliphatic heterocycles. The third kappa shape index (κ3) is 3.71. The molecule has 5 fully saturated rings. The van der Waals surface area contributed by atoms with Crippen LogP contribution in [-0.2, 0) is 16.0 Å². The van der Waals surface area contributed by atoms with Crippen LogP contribution in [0.1, 0.15) is 56.1 Å². The number of piperazine rings is 1. The highest BCUT2D eigenvalue weighted by molar-refractivity contribution is 5.84. The number of amides is 2. The van der Waals surface area contributed by atoms with Crippen LogP contribution < -0.4 is 0 Å². The molecular formula is C25H34N2O2. The summed E-state index contributed by atoms with van der Waals surface area (Å²) < 4.78 is 0. The zero-order chi connectivity index (χ0) is 20.0. The fraction of sp³-hybridized carbons (Fsp3) is 0.680. The van der Waals surface area contributed by atoms with Crippen LogP contribution >= 0.6 is 0 Å². The Hall–Kier alpha value is -1.84. The lowest BCUT2D eigenvalue weighted by molar-refractivity contribution is -0.160. The first-order chi connectivity index (χ1) is 14.0. The van der Waals surface area contributed by atoms with Gasteiger partial charge in [-0.1, -0.05) is 29.8 Å². The lowest BCUT2D eigenvalue weighted by Crippen LogP contribution is -2.58. The fourth-order valence-electron chi connectivity index (χ4n) is 7.03. The molecule has 4 nitrogen and oxygen atoms in total. The number of hydrogen-bond donors (Lipinski definition) is 0. The van der Waals surface area contributed by atoms with Crippen molar-refractivity contribution in [1.82, 2.24) is 9.80 Å². The van der Waals surface area contributed by atoms with Gasteiger partial charge in [-0.3, -0.25) is 9.59 Å². The van der Waals surface area contributed by atoms with E-state index in [1.54, 1.807) is 0 Å². The Morgan fingerprint density at radius 2 is 1.38 bits per heavy atom. The summed E-state index contributed by atoms with van der Waals surface area (Å²) in [5.74, 6) is 3.05. The first-order valence-corrected chi connectivity index (χ1v) is 11.6. The predicted octanol–water partition coefficient (Wildman–Crippen LogP) is 3.81. The molecule has 5 aliphatic rings. The monoisotopic (exact) mass is 394 g/mol. The van der Waals surface area contributed by atoms with Gasteiger partial charge in [-0.05, 0) is 75.2 Å². The van der Waals surface area contributed by atoms with Crippen LogP contribution in [0.25, 0.3) is 0 Å². The van der Waals surface area contributed by atoms with Crippen LogP contribution in [0.5, 0.6) is 0 Å². The molecule has 0 radical (unpaired) electrons. The van der Waals surface area contributed by atoms with Crippen molar-refractivity contribution in [3.8, 4) is 0 Å². The minimum atomic E-state index is -0.0492. The number of nitrogens with zero attached hydrogens (tertiary/aromatic N) is 2. The minimum Gasteiger partial charge on any atom is -0.339 e. The first-order valence-electron chi connectivity index (χ1n) is 11.6. The molecule has 4 saturated carbocycles. The maximum Gasteiger partial charge on any atom is 0.228 e. The molecule has 0 aromatic heterocycles. The summed E-state index contributed by atoms with van der Waals surface area (Å²) in [4.78, 5) is 30.2. The first kappa shape index (κ1) is 19.1. The highest BCUT2D eigenvalue weighted by atomic mass is 16.2. The van der Waals surface area contributed by atoms with Crippen LogP contribution in [0.2, 0.25) is 0 Å². The summed E-state index contributed by atoms with van der Waals surface area (Å²) in [7, 11) is 0. The summed E-state index contributed by atoms with van der Waals surface area (Å²) in [6.07, 6.45) is 8.87. The average molecular weight is 395 g/mol. The molecule has 0 spiro atoms. The second-order valence-electron chi connectivity index (χ2n) is 10.4. The van der Waals surface area contributed by atoms with Gasteiger partial charge in [0.05, 0.1) is 5.41 Å². The second kappa shape index (κ2) is 7.45. The molecule has 4 aliphatic carbocycles. The van der Waals surface area contributed by atoms with E-state index in [1.807, 2.05) is 4.90 Å². The third-order valence-electron chi connectivity index (χ3n) is 8.16. The van der Waals surface area contributed by atoms with Crippen molar-refractivity contribution < 1.29 is 9.59 Å². The lowest BCUT2D eigenvalue weighted by atomic mass is 9.49. The van der Waals surface area contributed by atoms with E-state index in [1.165, 1.54) is 30.4 Å². The Bertz CT molecular complexity index is 741. The number of aryl methyl sites for hydroxylation is 2. The van der Waals surface area contributed by atoms with Crippen molar-refractivity contribution in [2.45, 2.75) is 58.3 Å². The normalized spacial score (nSPS) is 33.2. The number of rotatable bonds is 4. The molecule has 1 aromatic carbocycles. The molecule has 0 N–H and O–H groups in total. The molecule has 1 saturated heterocycles.